The lowest BCUT2D eigenvalue weighted by Crippen LogP contribution is -2.55. The molecule has 1 fully saturated rings. The summed E-state index contributed by atoms with van der Waals surface area (Å²) in [6.07, 6.45) is 8.26. The third-order valence-corrected chi connectivity index (χ3v) is 7.73. The Morgan fingerprint density at radius 2 is 1.71 bits per heavy atom. The fourth-order valence-electron chi connectivity index (χ4n) is 3.26. The number of hydrogen-bond donors (Lipinski definition) is 0. The van der Waals surface area contributed by atoms with Gasteiger partial charge in [0.1, 0.15) is 0 Å². The Kier molecular flexibility index (Phi) is 4.08. The Morgan fingerprint density at radius 1 is 1.12 bits per heavy atom. The van der Waals surface area contributed by atoms with Crippen molar-refractivity contribution in [1.29, 1.82) is 0 Å². The predicted octanol–water partition coefficient (Wildman–Crippen LogP) is 3.15. The summed E-state index contributed by atoms with van der Waals surface area (Å²) in [7, 11) is -2.56. The monoisotopic (exact) mass is 256 g/mol. The van der Waals surface area contributed by atoms with Gasteiger partial charge in [-0.05, 0) is 46.0 Å². The second kappa shape index (κ2) is 5.22. The molecule has 0 spiro atoms. The summed E-state index contributed by atoms with van der Waals surface area (Å²) in [5, 5.41) is 0.0691. The highest BCUT2D eigenvalue weighted by atomic mass is 28.4. The standard InChI is InChI=1S/C13H24O3Si/c1-4-14-17(15-5-2,16-6-3)13-9-7-12(11-13)8-10-13/h7,9,12H,4-6,8,10-11H2,1-3H3. The number of allylic oxidation sites excluding steroid dienone is 2. The number of rotatable bonds is 7. The lowest BCUT2D eigenvalue weighted by Gasteiger charge is -2.40. The highest BCUT2D eigenvalue weighted by molar-refractivity contribution is 6.65. The van der Waals surface area contributed by atoms with Gasteiger partial charge in [-0.25, -0.2) is 0 Å². The van der Waals surface area contributed by atoms with Crippen LogP contribution < -0.4 is 0 Å². The summed E-state index contributed by atoms with van der Waals surface area (Å²) < 4.78 is 18.2. The van der Waals surface area contributed by atoms with Crippen LogP contribution in [0.15, 0.2) is 12.2 Å². The first-order valence-corrected chi connectivity index (χ1v) is 8.55. The Morgan fingerprint density at radius 3 is 2.00 bits per heavy atom. The van der Waals surface area contributed by atoms with Crippen LogP contribution in [0.5, 0.6) is 0 Å². The maximum Gasteiger partial charge on any atom is 0.511 e. The van der Waals surface area contributed by atoms with Crippen LogP contribution in [-0.2, 0) is 13.3 Å². The van der Waals surface area contributed by atoms with Crippen LogP contribution in [0.25, 0.3) is 0 Å². The first kappa shape index (κ1) is 13.3. The van der Waals surface area contributed by atoms with E-state index in [-0.39, 0.29) is 5.04 Å². The van der Waals surface area contributed by atoms with Crippen molar-refractivity contribution in [3.63, 3.8) is 0 Å². The molecule has 4 heteroatoms. The molecular weight excluding hydrogens is 232 g/mol. The molecule has 0 N–H and O–H groups in total. The van der Waals surface area contributed by atoms with Crippen LogP contribution in [-0.4, -0.2) is 28.6 Å². The van der Waals surface area contributed by atoms with Crippen molar-refractivity contribution in [3.05, 3.63) is 12.2 Å². The molecule has 1 saturated carbocycles. The van der Waals surface area contributed by atoms with E-state index in [1.165, 1.54) is 19.3 Å². The Labute approximate surface area is 106 Å². The van der Waals surface area contributed by atoms with E-state index in [9.17, 15) is 0 Å². The lowest BCUT2D eigenvalue weighted by atomic mass is 10.1. The minimum absolute atomic E-state index is 0.0691. The summed E-state index contributed by atoms with van der Waals surface area (Å²) in [4.78, 5) is 0. The van der Waals surface area contributed by atoms with Crippen LogP contribution in [0.2, 0.25) is 5.04 Å². The molecule has 2 rings (SSSR count). The zero-order valence-electron chi connectivity index (χ0n) is 11.2. The average Bonchev–Trinajstić information content (AvgIpc) is 2.91. The van der Waals surface area contributed by atoms with Crippen molar-refractivity contribution in [2.75, 3.05) is 19.8 Å². The van der Waals surface area contributed by atoms with Gasteiger partial charge in [0, 0.05) is 19.8 Å². The molecule has 0 aromatic heterocycles. The summed E-state index contributed by atoms with van der Waals surface area (Å²) in [6, 6.07) is 0. The average molecular weight is 256 g/mol. The minimum atomic E-state index is -2.56. The Balaban J connectivity index is 2.26. The van der Waals surface area contributed by atoms with Gasteiger partial charge in [0.15, 0.2) is 0 Å². The van der Waals surface area contributed by atoms with E-state index in [0.29, 0.717) is 19.8 Å². The second-order valence-electron chi connectivity index (χ2n) is 4.87. The summed E-state index contributed by atoms with van der Waals surface area (Å²) in [5.41, 5.74) is 0. The third kappa shape index (κ3) is 2.12. The van der Waals surface area contributed by atoms with Crippen LogP contribution in [0.1, 0.15) is 40.0 Å². The number of fused-ring (bicyclic) bond motifs is 2. The zero-order chi connectivity index (χ0) is 12.4. The first-order valence-electron chi connectivity index (χ1n) is 6.83. The largest absolute Gasteiger partial charge is 0.511 e. The molecule has 3 nitrogen and oxygen atoms in total. The van der Waals surface area contributed by atoms with E-state index in [2.05, 4.69) is 12.2 Å². The number of hydrogen-bond acceptors (Lipinski definition) is 3. The summed E-state index contributed by atoms with van der Waals surface area (Å²) >= 11 is 0. The van der Waals surface area contributed by atoms with E-state index in [1.807, 2.05) is 20.8 Å². The smallest absolute Gasteiger partial charge is 0.373 e. The van der Waals surface area contributed by atoms with E-state index >= 15 is 0 Å². The highest BCUT2D eigenvalue weighted by Crippen LogP contribution is 2.61. The van der Waals surface area contributed by atoms with Gasteiger partial charge in [0.25, 0.3) is 0 Å². The van der Waals surface area contributed by atoms with Gasteiger partial charge in [0.2, 0.25) is 0 Å². The third-order valence-electron chi connectivity index (χ3n) is 3.89. The van der Waals surface area contributed by atoms with Crippen molar-refractivity contribution < 1.29 is 13.3 Å². The van der Waals surface area contributed by atoms with Gasteiger partial charge in [-0.15, -0.1) is 0 Å². The summed E-state index contributed by atoms with van der Waals surface area (Å²) in [6.45, 7) is 8.11. The van der Waals surface area contributed by atoms with Crippen molar-refractivity contribution in [1.82, 2.24) is 0 Å². The van der Waals surface area contributed by atoms with Gasteiger partial charge in [-0.3, -0.25) is 0 Å². The van der Waals surface area contributed by atoms with Crippen LogP contribution in [0, 0.1) is 5.92 Å². The normalized spacial score (nSPS) is 31.4. The first-order chi connectivity index (χ1) is 8.22. The Bertz CT molecular complexity index is 275. The van der Waals surface area contributed by atoms with E-state index in [4.69, 9.17) is 13.3 Å². The molecule has 2 aliphatic rings. The molecule has 2 unspecified atom stereocenters. The van der Waals surface area contributed by atoms with Crippen molar-refractivity contribution in [3.8, 4) is 0 Å². The SMILES string of the molecule is CCO[Si](OCC)(OCC)C12C=CC(CC1)C2. The minimum Gasteiger partial charge on any atom is -0.373 e. The van der Waals surface area contributed by atoms with Crippen LogP contribution in [0.4, 0.5) is 0 Å². The zero-order valence-corrected chi connectivity index (χ0v) is 12.2. The van der Waals surface area contributed by atoms with Gasteiger partial charge in [0.05, 0.1) is 5.04 Å². The van der Waals surface area contributed by atoms with E-state index in [0.717, 1.165) is 5.92 Å². The van der Waals surface area contributed by atoms with Gasteiger partial charge in [-0.2, -0.15) is 0 Å². The molecule has 0 saturated heterocycles. The summed E-state index contributed by atoms with van der Waals surface area (Å²) in [5.74, 6) is 0.725. The van der Waals surface area contributed by atoms with Crippen LogP contribution in [0.3, 0.4) is 0 Å². The van der Waals surface area contributed by atoms with E-state index < -0.39 is 8.80 Å². The Hall–Kier alpha value is -0.163. The topological polar surface area (TPSA) is 27.7 Å². The molecule has 0 heterocycles. The second-order valence-corrected chi connectivity index (χ2v) is 7.85. The quantitative estimate of drug-likeness (QED) is 0.517. The van der Waals surface area contributed by atoms with Crippen LogP contribution >= 0.6 is 0 Å². The maximum absolute atomic E-state index is 6.06. The molecule has 0 aromatic carbocycles. The van der Waals surface area contributed by atoms with Crippen molar-refractivity contribution in [2.45, 2.75) is 45.1 Å². The molecule has 0 aliphatic heterocycles. The molecule has 2 aliphatic carbocycles. The molecule has 98 valence electrons. The van der Waals surface area contributed by atoms with Gasteiger partial charge >= 0.3 is 8.80 Å². The molecular formula is C13H24O3Si. The fraction of sp³-hybridized carbons (Fsp3) is 0.846. The molecule has 2 bridgehead atoms. The molecule has 0 amide bonds. The van der Waals surface area contributed by atoms with Gasteiger partial charge < -0.3 is 13.3 Å². The lowest BCUT2D eigenvalue weighted by molar-refractivity contribution is 0.0512. The van der Waals surface area contributed by atoms with E-state index in [1.54, 1.807) is 0 Å². The fourth-order valence-corrected chi connectivity index (χ4v) is 6.77. The predicted molar refractivity (Wildman–Crippen MR) is 69.8 cm³/mol. The highest BCUT2D eigenvalue weighted by Gasteiger charge is 2.63. The molecule has 2 atom stereocenters. The molecule has 17 heavy (non-hydrogen) atoms. The molecule has 0 aromatic rings. The van der Waals surface area contributed by atoms with Gasteiger partial charge in [-0.1, -0.05) is 12.2 Å². The molecule has 0 radical (unpaired) electrons. The van der Waals surface area contributed by atoms with Crippen molar-refractivity contribution >= 4 is 8.80 Å². The van der Waals surface area contributed by atoms with Crippen molar-refractivity contribution in [2.24, 2.45) is 5.92 Å². The maximum atomic E-state index is 6.06.